The smallest absolute Gasteiger partial charge is 0.257 e. The van der Waals surface area contributed by atoms with Gasteiger partial charge < -0.3 is 15.7 Å². The molecule has 1 unspecified atom stereocenters. The monoisotopic (exact) mass is 295 g/mol. The van der Waals surface area contributed by atoms with Gasteiger partial charge in [0.2, 0.25) is 0 Å². The maximum absolute atomic E-state index is 13.2. The minimum absolute atomic E-state index is 0.0266. The summed E-state index contributed by atoms with van der Waals surface area (Å²) in [5.74, 6) is -0.592. The standard InChI is InChI=1S/C15H22FN3O2/c1-11(9-17)10-18-4-6-19(7-5-18)15(21)13-8-12(16)2-3-14(13)20/h2-3,8,11,20H,4-7,9-10,17H2,1H3. The van der Waals surface area contributed by atoms with Crippen LogP contribution in [0, 0.1) is 11.7 Å². The minimum atomic E-state index is -0.522. The molecule has 1 saturated heterocycles. The number of hydrogen-bond acceptors (Lipinski definition) is 4. The quantitative estimate of drug-likeness (QED) is 0.865. The second-order valence-electron chi connectivity index (χ2n) is 5.60. The molecule has 21 heavy (non-hydrogen) atoms. The van der Waals surface area contributed by atoms with Gasteiger partial charge in [-0.15, -0.1) is 0 Å². The van der Waals surface area contributed by atoms with E-state index in [1.165, 1.54) is 6.07 Å². The summed E-state index contributed by atoms with van der Waals surface area (Å²) in [4.78, 5) is 16.2. The van der Waals surface area contributed by atoms with Gasteiger partial charge in [-0.3, -0.25) is 9.69 Å². The Bertz CT molecular complexity index is 502. The van der Waals surface area contributed by atoms with Gasteiger partial charge in [-0.2, -0.15) is 0 Å². The van der Waals surface area contributed by atoms with Crippen molar-refractivity contribution in [3.63, 3.8) is 0 Å². The van der Waals surface area contributed by atoms with Crippen LogP contribution in [-0.4, -0.2) is 60.1 Å². The predicted octanol–water partition coefficient (Wildman–Crippen LogP) is 0.884. The molecule has 0 aliphatic carbocycles. The molecule has 6 heteroatoms. The van der Waals surface area contributed by atoms with Crippen LogP contribution in [-0.2, 0) is 0 Å². The van der Waals surface area contributed by atoms with Crippen LogP contribution in [0.15, 0.2) is 18.2 Å². The maximum Gasteiger partial charge on any atom is 0.257 e. The molecule has 1 aromatic carbocycles. The van der Waals surface area contributed by atoms with Crippen molar-refractivity contribution in [3.8, 4) is 5.75 Å². The number of carbonyl (C=O) groups excluding carboxylic acids is 1. The molecule has 3 N–H and O–H groups in total. The normalized spacial score (nSPS) is 17.8. The summed E-state index contributed by atoms with van der Waals surface area (Å²) in [6.45, 7) is 6.36. The van der Waals surface area contributed by atoms with E-state index in [0.29, 0.717) is 25.6 Å². The molecule has 2 rings (SSSR count). The van der Waals surface area contributed by atoms with E-state index in [4.69, 9.17) is 5.73 Å². The molecule has 0 bridgehead atoms. The number of piperazine rings is 1. The molecule has 1 fully saturated rings. The minimum Gasteiger partial charge on any atom is -0.507 e. The first-order chi connectivity index (χ1) is 10.0. The fourth-order valence-corrected chi connectivity index (χ4v) is 2.50. The molecule has 1 aliphatic heterocycles. The Kier molecular flexibility index (Phi) is 5.14. The number of nitrogens with zero attached hydrogens (tertiary/aromatic N) is 2. The van der Waals surface area contributed by atoms with E-state index in [0.717, 1.165) is 31.8 Å². The molecule has 0 radical (unpaired) electrons. The van der Waals surface area contributed by atoms with Crippen molar-refractivity contribution >= 4 is 5.91 Å². The van der Waals surface area contributed by atoms with Crippen LogP contribution in [0.3, 0.4) is 0 Å². The Hall–Kier alpha value is -1.66. The highest BCUT2D eigenvalue weighted by Crippen LogP contribution is 2.20. The van der Waals surface area contributed by atoms with Crippen molar-refractivity contribution in [2.75, 3.05) is 39.3 Å². The van der Waals surface area contributed by atoms with Gasteiger partial charge in [0.25, 0.3) is 5.91 Å². The van der Waals surface area contributed by atoms with Crippen molar-refractivity contribution < 1.29 is 14.3 Å². The van der Waals surface area contributed by atoms with Gasteiger partial charge >= 0.3 is 0 Å². The van der Waals surface area contributed by atoms with E-state index in [9.17, 15) is 14.3 Å². The summed E-state index contributed by atoms with van der Waals surface area (Å²) in [6, 6.07) is 3.43. The van der Waals surface area contributed by atoms with Crippen molar-refractivity contribution in [1.82, 2.24) is 9.80 Å². The molecule has 1 atom stereocenters. The molecular formula is C15H22FN3O2. The van der Waals surface area contributed by atoms with Gasteiger partial charge in [-0.1, -0.05) is 6.92 Å². The molecular weight excluding hydrogens is 273 g/mol. The number of aromatic hydroxyl groups is 1. The number of hydrogen-bond donors (Lipinski definition) is 2. The summed E-state index contributed by atoms with van der Waals surface area (Å²) in [5.41, 5.74) is 5.64. The average molecular weight is 295 g/mol. The molecule has 116 valence electrons. The van der Waals surface area contributed by atoms with E-state index in [1.807, 2.05) is 0 Å². The summed E-state index contributed by atoms with van der Waals surface area (Å²) >= 11 is 0. The fourth-order valence-electron chi connectivity index (χ4n) is 2.50. The predicted molar refractivity (Wildman–Crippen MR) is 78.6 cm³/mol. The third-order valence-electron chi connectivity index (χ3n) is 3.82. The SMILES string of the molecule is CC(CN)CN1CCN(C(=O)c2cc(F)ccc2O)CC1. The van der Waals surface area contributed by atoms with Crippen LogP contribution in [0.25, 0.3) is 0 Å². The summed E-state index contributed by atoms with van der Waals surface area (Å²) < 4.78 is 13.2. The lowest BCUT2D eigenvalue weighted by Crippen LogP contribution is -2.50. The number of halogens is 1. The molecule has 0 spiro atoms. The van der Waals surface area contributed by atoms with E-state index in [1.54, 1.807) is 4.90 Å². The molecule has 0 aromatic heterocycles. The van der Waals surface area contributed by atoms with E-state index in [2.05, 4.69) is 11.8 Å². The lowest BCUT2D eigenvalue weighted by molar-refractivity contribution is 0.0618. The van der Waals surface area contributed by atoms with Crippen molar-refractivity contribution in [2.24, 2.45) is 11.7 Å². The van der Waals surface area contributed by atoms with Crippen LogP contribution in [0.1, 0.15) is 17.3 Å². The zero-order valence-electron chi connectivity index (χ0n) is 12.3. The first kappa shape index (κ1) is 15.7. The third-order valence-corrected chi connectivity index (χ3v) is 3.82. The van der Waals surface area contributed by atoms with Crippen molar-refractivity contribution in [2.45, 2.75) is 6.92 Å². The highest BCUT2D eigenvalue weighted by molar-refractivity contribution is 5.96. The van der Waals surface area contributed by atoms with Gasteiger partial charge in [-0.25, -0.2) is 4.39 Å². The number of phenols is 1. The number of nitrogens with two attached hydrogens (primary N) is 1. The molecule has 1 aromatic rings. The molecule has 0 saturated carbocycles. The maximum atomic E-state index is 13.2. The molecule has 1 aliphatic rings. The Morgan fingerprint density at radius 2 is 2.05 bits per heavy atom. The van der Waals surface area contributed by atoms with Crippen molar-refractivity contribution in [1.29, 1.82) is 0 Å². The van der Waals surface area contributed by atoms with Gasteiger partial charge in [0.05, 0.1) is 5.56 Å². The van der Waals surface area contributed by atoms with Gasteiger partial charge in [-0.05, 0) is 30.7 Å². The average Bonchev–Trinajstić information content (AvgIpc) is 2.49. The Morgan fingerprint density at radius 3 is 2.67 bits per heavy atom. The zero-order chi connectivity index (χ0) is 15.4. The first-order valence-corrected chi connectivity index (χ1v) is 7.21. The molecule has 1 amide bonds. The van der Waals surface area contributed by atoms with Crippen LogP contribution in [0.4, 0.5) is 4.39 Å². The molecule has 5 nitrogen and oxygen atoms in total. The summed E-state index contributed by atoms with van der Waals surface area (Å²) in [6.07, 6.45) is 0. The Morgan fingerprint density at radius 1 is 1.38 bits per heavy atom. The largest absolute Gasteiger partial charge is 0.507 e. The van der Waals surface area contributed by atoms with Gasteiger partial charge in [0, 0.05) is 32.7 Å². The van der Waals surface area contributed by atoms with E-state index < -0.39 is 5.82 Å². The Labute approximate surface area is 124 Å². The second kappa shape index (κ2) is 6.87. The van der Waals surface area contributed by atoms with Crippen LogP contribution < -0.4 is 5.73 Å². The summed E-state index contributed by atoms with van der Waals surface area (Å²) in [5, 5.41) is 9.70. The van der Waals surface area contributed by atoms with Crippen LogP contribution in [0.2, 0.25) is 0 Å². The lowest BCUT2D eigenvalue weighted by Gasteiger charge is -2.35. The van der Waals surface area contributed by atoms with Crippen molar-refractivity contribution in [3.05, 3.63) is 29.6 Å². The summed E-state index contributed by atoms with van der Waals surface area (Å²) in [7, 11) is 0. The number of rotatable bonds is 4. The van der Waals surface area contributed by atoms with Gasteiger partial charge in [0.1, 0.15) is 11.6 Å². The number of amides is 1. The van der Waals surface area contributed by atoms with Crippen LogP contribution >= 0.6 is 0 Å². The topological polar surface area (TPSA) is 69.8 Å². The highest BCUT2D eigenvalue weighted by Gasteiger charge is 2.24. The third kappa shape index (κ3) is 3.92. The number of benzene rings is 1. The van der Waals surface area contributed by atoms with Crippen LogP contribution in [0.5, 0.6) is 5.75 Å². The first-order valence-electron chi connectivity index (χ1n) is 7.21. The Balaban J connectivity index is 1.95. The lowest BCUT2D eigenvalue weighted by atomic mass is 10.1. The fraction of sp³-hybridized carbons (Fsp3) is 0.533. The molecule has 1 heterocycles. The highest BCUT2D eigenvalue weighted by atomic mass is 19.1. The second-order valence-corrected chi connectivity index (χ2v) is 5.60. The number of phenolic OH excluding ortho intramolecular Hbond substituents is 1. The zero-order valence-corrected chi connectivity index (χ0v) is 12.3. The van der Waals surface area contributed by atoms with E-state index in [-0.39, 0.29) is 17.2 Å². The van der Waals surface area contributed by atoms with Gasteiger partial charge in [0.15, 0.2) is 0 Å². The number of carbonyl (C=O) groups is 1. The van der Waals surface area contributed by atoms with E-state index >= 15 is 0 Å².